The van der Waals surface area contributed by atoms with Crippen molar-refractivity contribution in [1.29, 1.82) is 0 Å². The standard InChI is InChI=1S/C16H29N3O2/c20-16(18-9-7-15-5-2-1-3-6-15)17-8-4-10-19-11-13-21-14-12-19/h7,9,15H,1-6,8,10-14H2,(H2,17,18,20)/b9-7+. The number of ether oxygens (including phenoxy) is 1. The van der Waals surface area contributed by atoms with Gasteiger partial charge in [-0.3, -0.25) is 4.90 Å². The van der Waals surface area contributed by atoms with Crippen LogP contribution in [0.25, 0.3) is 0 Å². The number of rotatable bonds is 6. The number of carbonyl (C=O) groups excluding carboxylic acids is 1. The molecule has 0 radical (unpaired) electrons. The third-order valence-electron chi connectivity index (χ3n) is 4.27. The Morgan fingerprint density at radius 3 is 2.71 bits per heavy atom. The van der Waals surface area contributed by atoms with Crippen molar-refractivity contribution in [2.24, 2.45) is 5.92 Å². The van der Waals surface area contributed by atoms with Crippen LogP contribution in [-0.2, 0) is 4.74 Å². The summed E-state index contributed by atoms with van der Waals surface area (Å²) < 4.78 is 5.31. The highest BCUT2D eigenvalue weighted by Gasteiger charge is 2.10. The van der Waals surface area contributed by atoms with Crippen LogP contribution in [0.1, 0.15) is 38.5 Å². The average Bonchev–Trinajstić information content (AvgIpc) is 2.54. The maximum Gasteiger partial charge on any atom is 0.318 e. The Morgan fingerprint density at radius 2 is 1.95 bits per heavy atom. The molecule has 1 saturated carbocycles. The number of urea groups is 1. The van der Waals surface area contributed by atoms with Gasteiger partial charge in [0.05, 0.1) is 13.2 Å². The number of nitrogens with one attached hydrogen (secondary N) is 2. The van der Waals surface area contributed by atoms with E-state index < -0.39 is 0 Å². The second-order valence-electron chi connectivity index (χ2n) is 5.97. The summed E-state index contributed by atoms with van der Waals surface area (Å²) in [6.07, 6.45) is 11.5. The molecular formula is C16H29N3O2. The van der Waals surface area contributed by atoms with Crippen LogP contribution < -0.4 is 10.6 Å². The lowest BCUT2D eigenvalue weighted by Crippen LogP contribution is -2.39. The van der Waals surface area contributed by atoms with E-state index in [1.807, 2.05) is 6.20 Å². The highest BCUT2D eigenvalue weighted by atomic mass is 16.5. The fourth-order valence-electron chi connectivity index (χ4n) is 2.97. The molecular weight excluding hydrogens is 266 g/mol. The molecule has 2 aliphatic rings. The molecule has 2 fully saturated rings. The lowest BCUT2D eigenvalue weighted by atomic mass is 9.89. The van der Waals surface area contributed by atoms with Crippen molar-refractivity contribution in [3.63, 3.8) is 0 Å². The van der Waals surface area contributed by atoms with Crippen LogP contribution in [0.15, 0.2) is 12.3 Å². The first kappa shape index (κ1) is 16.3. The van der Waals surface area contributed by atoms with Gasteiger partial charge in [-0.25, -0.2) is 4.79 Å². The molecule has 0 bridgehead atoms. The van der Waals surface area contributed by atoms with Gasteiger partial charge in [-0.15, -0.1) is 0 Å². The molecule has 21 heavy (non-hydrogen) atoms. The molecule has 0 spiro atoms. The van der Waals surface area contributed by atoms with Gasteiger partial charge in [0, 0.05) is 25.8 Å². The second-order valence-corrected chi connectivity index (χ2v) is 5.97. The van der Waals surface area contributed by atoms with Crippen molar-refractivity contribution >= 4 is 6.03 Å². The summed E-state index contributed by atoms with van der Waals surface area (Å²) in [5, 5.41) is 5.70. The van der Waals surface area contributed by atoms with E-state index in [1.54, 1.807) is 0 Å². The average molecular weight is 295 g/mol. The molecule has 1 aliphatic heterocycles. The van der Waals surface area contributed by atoms with Crippen molar-refractivity contribution in [1.82, 2.24) is 15.5 Å². The number of nitrogens with zero attached hydrogens (tertiary/aromatic N) is 1. The molecule has 0 unspecified atom stereocenters. The van der Waals surface area contributed by atoms with E-state index >= 15 is 0 Å². The van der Waals surface area contributed by atoms with E-state index in [0.717, 1.165) is 45.8 Å². The minimum atomic E-state index is -0.0935. The maximum absolute atomic E-state index is 11.6. The van der Waals surface area contributed by atoms with Gasteiger partial charge in [0.25, 0.3) is 0 Å². The Bertz CT molecular complexity index is 321. The fraction of sp³-hybridized carbons (Fsp3) is 0.812. The molecule has 0 aromatic rings. The highest BCUT2D eigenvalue weighted by molar-refractivity contribution is 5.74. The molecule has 2 amide bonds. The topological polar surface area (TPSA) is 53.6 Å². The summed E-state index contributed by atoms with van der Waals surface area (Å²) in [5.41, 5.74) is 0. The molecule has 120 valence electrons. The van der Waals surface area contributed by atoms with Crippen molar-refractivity contribution in [3.05, 3.63) is 12.3 Å². The molecule has 0 aromatic heterocycles. The predicted octanol–water partition coefficient (Wildman–Crippen LogP) is 2.10. The fourth-order valence-corrected chi connectivity index (χ4v) is 2.97. The van der Waals surface area contributed by atoms with Gasteiger partial charge in [0.2, 0.25) is 0 Å². The maximum atomic E-state index is 11.6. The summed E-state index contributed by atoms with van der Waals surface area (Å²) in [6, 6.07) is -0.0935. The molecule has 5 nitrogen and oxygen atoms in total. The van der Waals surface area contributed by atoms with Crippen molar-refractivity contribution in [2.45, 2.75) is 38.5 Å². The monoisotopic (exact) mass is 295 g/mol. The smallest absolute Gasteiger partial charge is 0.318 e. The second kappa shape index (κ2) is 9.79. The Labute approximate surface area is 128 Å². The quantitative estimate of drug-likeness (QED) is 0.738. The molecule has 5 heteroatoms. The van der Waals surface area contributed by atoms with Crippen LogP contribution in [0.2, 0.25) is 0 Å². The van der Waals surface area contributed by atoms with Gasteiger partial charge in [0.1, 0.15) is 0 Å². The molecule has 0 aromatic carbocycles. The first-order valence-electron chi connectivity index (χ1n) is 8.36. The van der Waals surface area contributed by atoms with Crippen LogP contribution in [0.4, 0.5) is 4.79 Å². The SMILES string of the molecule is O=C(N/C=C/C1CCCCC1)NCCCN1CCOCC1. The number of hydrogen-bond donors (Lipinski definition) is 2. The van der Waals surface area contributed by atoms with Crippen molar-refractivity contribution in [2.75, 3.05) is 39.4 Å². The highest BCUT2D eigenvalue weighted by Crippen LogP contribution is 2.24. The molecule has 1 aliphatic carbocycles. The Kier molecular flexibility index (Phi) is 7.60. The van der Waals surface area contributed by atoms with Crippen molar-refractivity contribution < 1.29 is 9.53 Å². The van der Waals surface area contributed by atoms with Crippen LogP contribution in [0, 0.1) is 5.92 Å². The summed E-state index contributed by atoms with van der Waals surface area (Å²) >= 11 is 0. The van der Waals surface area contributed by atoms with E-state index in [4.69, 9.17) is 4.74 Å². The third-order valence-corrected chi connectivity index (χ3v) is 4.27. The largest absolute Gasteiger partial charge is 0.379 e. The first-order chi connectivity index (χ1) is 10.3. The van der Waals surface area contributed by atoms with Crippen LogP contribution in [0.3, 0.4) is 0 Å². The van der Waals surface area contributed by atoms with E-state index in [2.05, 4.69) is 21.6 Å². The summed E-state index contributed by atoms with van der Waals surface area (Å²) in [7, 11) is 0. The van der Waals surface area contributed by atoms with Crippen LogP contribution >= 0.6 is 0 Å². The molecule has 1 saturated heterocycles. The van der Waals surface area contributed by atoms with E-state index in [0.29, 0.717) is 5.92 Å². The molecule has 1 heterocycles. The third kappa shape index (κ3) is 6.96. The van der Waals surface area contributed by atoms with Gasteiger partial charge >= 0.3 is 6.03 Å². The number of hydrogen-bond acceptors (Lipinski definition) is 3. The lowest BCUT2D eigenvalue weighted by molar-refractivity contribution is 0.0375. The number of morpholine rings is 1. The number of carbonyl (C=O) groups is 1. The molecule has 2 N–H and O–H groups in total. The zero-order valence-corrected chi connectivity index (χ0v) is 13.0. The van der Waals surface area contributed by atoms with Crippen LogP contribution in [-0.4, -0.2) is 50.3 Å². The zero-order valence-electron chi connectivity index (χ0n) is 13.0. The predicted molar refractivity (Wildman–Crippen MR) is 84.1 cm³/mol. The Balaban J connectivity index is 1.48. The normalized spacial score (nSPS) is 21.5. The van der Waals surface area contributed by atoms with Crippen LogP contribution in [0.5, 0.6) is 0 Å². The van der Waals surface area contributed by atoms with Gasteiger partial charge in [-0.2, -0.15) is 0 Å². The zero-order chi connectivity index (χ0) is 14.8. The summed E-state index contributed by atoms with van der Waals surface area (Å²) in [4.78, 5) is 14.0. The minimum Gasteiger partial charge on any atom is -0.379 e. The lowest BCUT2D eigenvalue weighted by Gasteiger charge is -2.26. The van der Waals surface area contributed by atoms with Gasteiger partial charge in [-0.1, -0.05) is 25.3 Å². The summed E-state index contributed by atoms with van der Waals surface area (Å²) in [5.74, 6) is 0.653. The molecule has 2 rings (SSSR count). The van der Waals surface area contributed by atoms with E-state index in [-0.39, 0.29) is 6.03 Å². The van der Waals surface area contributed by atoms with Crippen molar-refractivity contribution in [3.8, 4) is 0 Å². The van der Waals surface area contributed by atoms with E-state index in [1.165, 1.54) is 32.1 Å². The Hall–Kier alpha value is -1.07. The van der Waals surface area contributed by atoms with E-state index in [9.17, 15) is 4.79 Å². The molecule has 0 atom stereocenters. The first-order valence-corrected chi connectivity index (χ1v) is 8.36. The number of amides is 2. The van der Waals surface area contributed by atoms with Gasteiger partial charge in [-0.05, 0) is 31.7 Å². The summed E-state index contributed by atoms with van der Waals surface area (Å²) in [6.45, 7) is 5.44. The van der Waals surface area contributed by atoms with Gasteiger partial charge in [0.15, 0.2) is 0 Å². The number of allylic oxidation sites excluding steroid dienone is 1. The van der Waals surface area contributed by atoms with Gasteiger partial charge < -0.3 is 15.4 Å². The minimum absolute atomic E-state index is 0.0935. The Morgan fingerprint density at radius 1 is 1.19 bits per heavy atom.